The molecule has 0 saturated heterocycles. The Morgan fingerprint density at radius 3 is 2.75 bits per heavy atom. The molecule has 0 bridgehead atoms. The Kier molecular flexibility index (Phi) is 4.23. The molecule has 0 aliphatic rings. The van der Waals surface area contributed by atoms with Gasteiger partial charge in [0.2, 0.25) is 5.91 Å². The quantitative estimate of drug-likeness (QED) is 0.719. The third-order valence-electron chi connectivity index (χ3n) is 3.96. The molecule has 0 unspecified atom stereocenters. The van der Waals surface area contributed by atoms with E-state index in [1.807, 2.05) is 29.1 Å². The summed E-state index contributed by atoms with van der Waals surface area (Å²) in [5, 5.41) is 9.18. The van der Waals surface area contributed by atoms with E-state index in [0.29, 0.717) is 17.0 Å². The Morgan fingerprint density at radius 1 is 1.38 bits per heavy atom. The first-order chi connectivity index (χ1) is 11.4. The molecular weight excluding hydrogens is 326 g/mol. The average molecular weight is 345 g/mol. The number of Topliss-reactive ketones (excluding diaryl/α,β-unsaturated/α-hetero) is 1. The molecule has 1 amide bonds. The van der Waals surface area contributed by atoms with Gasteiger partial charge in [-0.25, -0.2) is 4.98 Å². The molecule has 0 fully saturated rings. The lowest BCUT2D eigenvalue weighted by Crippen LogP contribution is -2.31. The molecule has 0 aliphatic heterocycles. The van der Waals surface area contributed by atoms with Gasteiger partial charge in [-0.2, -0.15) is 5.10 Å². The maximum Gasteiger partial charge on any atom is 0.242 e. The number of nitrogens with zero attached hydrogens (tertiary/aromatic N) is 4. The van der Waals surface area contributed by atoms with Gasteiger partial charge in [-0.05, 0) is 27.7 Å². The van der Waals surface area contributed by atoms with Gasteiger partial charge in [-0.3, -0.25) is 18.7 Å². The standard InChI is InChI=1S/C16H19N5O2S/c1-9(13-7-20-5-6-24-16(20)18-13)17-14(23)8-21-11(3)15(12(4)22)10(2)19-21/h5-7,9H,8H2,1-4H3,(H,17,23)/t9-/m0/s1. The number of imidazole rings is 1. The van der Waals surface area contributed by atoms with Gasteiger partial charge in [0, 0.05) is 23.5 Å². The van der Waals surface area contributed by atoms with E-state index in [1.54, 1.807) is 29.9 Å². The molecule has 7 nitrogen and oxygen atoms in total. The molecule has 0 radical (unpaired) electrons. The molecule has 8 heteroatoms. The number of carbonyl (C=O) groups is 2. The van der Waals surface area contributed by atoms with Gasteiger partial charge in [-0.15, -0.1) is 11.3 Å². The second kappa shape index (κ2) is 6.20. The average Bonchev–Trinajstić information content (AvgIpc) is 3.12. The minimum Gasteiger partial charge on any atom is -0.346 e. The van der Waals surface area contributed by atoms with Crippen molar-refractivity contribution in [2.45, 2.75) is 40.3 Å². The normalized spacial score (nSPS) is 12.5. The number of ketones is 1. The predicted octanol–water partition coefficient (Wildman–Crippen LogP) is 2.29. The predicted molar refractivity (Wildman–Crippen MR) is 91.3 cm³/mol. The van der Waals surface area contributed by atoms with Crippen molar-refractivity contribution in [1.29, 1.82) is 0 Å². The first-order valence-corrected chi connectivity index (χ1v) is 8.51. The summed E-state index contributed by atoms with van der Waals surface area (Å²) in [6.07, 6.45) is 3.85. The zero-order valence-corrected chi connectivity index (χ0v) is 14.8. The molecule has 3 aromatic rings. The number of fused-ring (bicyclic) bond motifs is 1. The van der Waals surface area contributed by atoms with Crippen LogP contribution in [0.3, 0.4) is 0 Å². The zero-order chi connectivity index (χ0) is 17.4. The van der Waals surface area contributed by atoms with Gasteiger partial charge in [-0.1, -0.05) is 0 Å². The maximum absolute atomic E-state index is 12.3. The zero-order valence-electron chi connectivity index (χ0n) is 14.0. The van der Waals surface area contributed by atoms with Gasteiger partial charge < -0.3 is 5.32 Å². The lowest BCUT2D eigenvalue weighted by Gasteiger charge is -2.12. The summed E-state index contributed by atoms with van der Waals surface area (Å²) in [6.45, 7) is 7.06. The fourth-order valence-electron chi connectivity index (χ4n) is 2.81. The SMILES string of the molecule is CC(=O)c1c(C)nn(CC(=O)N[C@@H](C)c2cn3ccsc3n2)c1C. The molecule has 126 valence electrons. The summed E-state index contributed by atoms with van der Waals surface area (Å²) < 4.78 is 3.50. The summed E-state index contributed by atoms with van der Waals surface area (Å²) in [4.78, 5) is 29.3. The van der Waals surface area contributed by atoms with Crippen molar-refractivity contribution >= 4 is 28.0 Å². The lowest BCUT2D eigenvalue weighted by molar-refractivity contribution is -0.122. The van der Waals surface area contributed by atoms with Crippen molar-refractivity contribution in [1.82, 2.24) is 24.5 Å². The van der Waals surface area contributed by atoms with Crippen LogP contribution in [0.25, 0.3) is 4.96 Å². The van der Waals surface area contributed by atoms with Crippen LogP contribution >= 0.6 is 11.3 Å². The highest BCUT2D eigenvalue weighted by molar-refractivity contribution is 7.15. The largest absolute Gasteiger partial charge is 0.346 e. The van der Waals surface area contributed by atoms with E-state index in [4.69, 9.17) is 0 Å². The summed E-state index contributed by atoms with van der Waals surface area (Å²) in [5.41, 5.74) is 2.76. The monoisotopic (exact) mass is 345 g/mol. The Morgan fingerprint density at radius 2 is 2.12 bits per heavy atom. The summed E-state index contributed by atoms with van der Waals surface area (Å²) >= 11 is 1.55. The second-order valence-corrected chi connectivity index (χ2v) is 6.68. The van der Waals surface area contributed by atoms with Crippen molar-refractivity contribution in [3.8, 4) is 0 Å². The van der Waals surface area contributed by atoms with E-state index in [2.05, 4.69) is 15.4 Å². The van der Waals surface area contributed by atoms with Crippen molar-refractivity contribution in [3.63, 3.8) is 0 Å². The van der Waals surface area contributed by atoms with Crippen molar-refractivity contribution in [2.24, 2.45) is 0 Å². The van der Waals surface area contributed by atoms with Crippen LogP contribution in [0.1, 0.15) is 47.3 Å². The molecule has 0 saturated carbocycles. The Hall–Kier alpha value is -2.48. The van der Waals surface area contributed by atoms with Gasteiger partial charge in [0.25, 0.3) is 0 Å². The highest BCUT2D eigenvalue weighted by atomic mass is 32.1. The first-order valence-electron chi connectivity index (χ1n) is 7.63. The Bertz CT molecular complexity index is 892. The van der Waals surface area contributed by atoms with Crippen LogP contribution < -0.4 is 5.32 Å². The van der Waals surface area contributed by atoms with E-state index in [0.717, 1.165) is 10.7 Å². The van der Waals surface area contributed by atoms with Gasteiger partial charge in [0.15, 0.2) is 10.7 Å². The smallest absolute Gasteiger partial charge is 0.242 e. The molecule has 3 heterocycles. The van der Waals surface area contributed by atoms with E-state index >= 15 is 0 Å². The number of nitrogens with one attached hydrogen (secondary N) is 1. The minimum absolute atomic E-state index is 0.0388. The third kappa shape index (κ3) is 2.96. The number of hydrogen-bond acceptors (Lipinski definition) is 5. The van der Waals surface area contributed by atoms with Crippen LogP contribution in [-0.4, -0.2) is 30.9 Å². The minimum atomic E-state index is -0.200. The van der Waals surface area contributed by atoms with Crippen molar-refractivity contribution < 1.29 is 9.59 Å². The molecule has 0 spiro atoms. The fraction of sp³-hybridized carbons (Fsp3) is 0.375. The van der Waals surface area contributed by atoms with Crippen LogP contribution in [0.2, 0.25) is 0 Å². The molecular formula is C16H19N5O2S. The van der Waals surface area contributed by atoms with Crippen molar-refractivity contribution in [3.05, 3.63) is 40.4 Å². The molecule has 3 aromatic heterocycles. The number of carbonyl (C=O) groups excluding carboxylic acids is 2. The van der Waals surface area contributed by atoms with Crippen molar-refractivity contribution in [2.75, 3.05) is 0 Å². The molecule has 0 aliphatic carbocycles. The molecule has 1 atom stereocenters. The topological polar surface area (TPSA) is 81.3 Å². The molecule has 24 heavy (non-hydrogen) atoms. The Labute approximate surface area is 143 Å². The summed E-state index contributed by atoms with van der Waals surface area (Å²) in [6, 6.07) is -0.200. The van der Waals surface area contributed by atoms with Gasteiger partial charge >= 0.3 is 0 Å². The number of amides is 1. The highest BCUT2D eigenvalue weighted by Gasteiger charge is 2.18. The first kappa shape index (κ1) is 16.4. The van der Waals surface area contributed by atoms with Gasteiger partial charge in [0.05, 0.1) is 23.0 Å². The number of aryl methyl sites for hydroxylation is 1. The number of aromatic nitrogens is 4. The van der Waals surface area contributed by atoms with Crippen LogP contribution in [-0.2, 0) is 11.3 Å². The van der Waals surface area contributed by atoms with Crippen LogP contribution in [0, 0.1) is 13.8 Å². The molecule has 3 rings (SSSR count). The third-order valence-corrected chi connectivity index (χ3v) is 4.73. The van der Waals surface area contributed by atoms with Crippen LogP contribution in [0.4, 0.5) is 0 Å². The maximum atomic E-state index is 12.3. The second-order valence-electron chi connectivity index (χ2n) is 5.81. The van der Waals surface area contributed by atoms with Crippen LogP contribution in [0.5, 0.6) is 0 Å². The summed E-state index contributed by atoms with van der Waals surface area (Å²) in [5.74, 6) is -0.206. The molecule has 0 aromatic carbocycles. The number of hydrogen-bond donors (Lipinski definition) is 1. The molecule has 1 N–H and O–H groups in total. The van der Waals surface area contributed by atoms with E-state index < -0.39 is 0 Å². The van der Waals surface area contributed by atoms with E-state index in [1.165, 1.54) is 6.92 Å². The lowest BCUT2D eigenvalue weighted by atomic mass is 10.1. The number of rotatable bonds is 5. The number of thiazole rings is 1. The summed E-state index contributed by atoms with van der Waals surface area (Å²) in [7, 11) is 0. The van der Waals surface area contributed by atoms with E-state index in [9.17, 15) is 9.59 Å². The van der Waals surface area contributed by atoms with Crippen LogP contribution in [0.15, 0.2) is 17.8 Å². The highest BCUT2D eigenvalue weighted by Crippen LogP contribution is 2.17. The van der Waals surface area contributed by atoms with Gasteiger partial charge in [0.1, 0.15) is 6.54 Å². The fourth-order valence-corrected chi connectivity index (χ4v) is 3.52. The van der Waals surface area contributed by atoms with E-state index in [-0.39, 0.29) is 24.3 Å². The Balaban J connectivity index is 1.70.